The maximum atomic E-state index is 9.25. The van der Waals surface area contributed by atoms with Crippen molar-refractivity contribution in [3.8, 4) is 0 Å². The van der Waals surface area contributed by atoms with Crippen LogP contribution in [-0.4, -0.2) is 0 Å². The van der Waals surface area contributed by atoms with Crippen LogP contribution in [0.3, 0.4) is 0 Å². The molecular formula is C3H7FK-. The van der Waals surface area contributed by atoms with Crippen molar-refractivity contribution in [3.63, 3.8) is 0 Å². The van der Waals surface area contributed by atoms with Crippen molar-refractivity contribution in [3.05, 3.63) is 14.1 Å². The number of hydrogen-bond donors (Lipinski definition) is 0. The molecule has 2 heteroatoms. The van der Waals surface area contributed by atoms with E-state index in [1.165, 1.54) is 0 Å². The van der Waals surface area contributed by atoms with E-state index in [9.17, 15) is 4.39 Å². The number of halogens is 1. The third-order valence-corrected chi connectivity index (χ3v) is 0. The third-order valence-electron chi connectivity index (χ3n) is 0. The zero-order chi connectivity index (χ0) is 4.00. The Morgan fingerprint density at radius 3 is 1.20 bits per heavy atom. The first-order valence-corrected chi connectivity index (χ1v) is 0.974. The van der Waals surface area contributed by atoms with Gasteiger partial charge in [-0.25, -0.2) is 0 Å². The summed E-state index contributed by atoms with van der Waals surface area (Å²) in [5.74, 6) is 0. The van der Waals surface area contributed by atoms with Crippen molar-refractivity contribution >= 4 is 0 Å². The first-order chi connectivity index (χ1) is 2.00. The van der Waals surface area contributed by atoms with Gasteiger partial charge in [0, 0.05) is 0 Å². The molecule has 0 aliphatic carbocycles. The van der Waals surface area contributed by atoms with Crippen LogP contribution in [0.15, 0.2) is 0 Å². The van der Waals surface area contributed by atoms with Crippen LogP contribution in [0.25, 0.3) is 0 Å². The summed E-state index contributed by atoms with van der Waals surface area (Å²) in [6, 6.07) is 0. The Kier molecular flexibility index (Phi) is 151. The van der Waals surface area contributed by atoms with Gasteiger partial charge in [0.1, 0.15) is 0 Å². The van der Waals surface area contributed by atoms with E-state index in [1.54, 1.807) is 14.1 Å². The summed E-state index contributed by atoms with van der Waals surface area (Å²) in [7, 11) is 1.75. The van der Waals surface area contributed by atoms with E-state index in [0.717, 1.165) is 0 Å². The molecular weight excluding hydrogens is 94.1 g/mol. The SMILES string of the molecule is [CH2-]C.[CH2-]F.[K+]. The fourth-order valence-corrected chi connectivity index (χ4v) is 0. The van der Waals surface area contributed by atoms with E-state index in [1.807, 2.05) is 0 Å². The van der Waals surface area contributed by atoms with Crippen LogP contribution in [-0.2, 0) is 0 Å². The largest absolute Gasteiger partial charge is 1.00 e. The van der Waals surface area contributed by atoms with Crippen molar-refractivity contribution in [2.75, 3.05) is 0 Å². The predicted molar refractivity (Wildman–Crippen MR) is 17.5 cm³/mol. The Balaban J connectivity index is -0.0000000133. The normalized spacial score (nSPS) is 2.40. The fraction of sp³-hybridized carbons (Fsp3) is 0.333. The van der Waals surface area contributed by atoms with Crippen LogP contribution in [0.4, 0.5) is 4.39 Å². The average Bonchev–Trinajstić information content (AvgIpc) is 1.50. The third kappa shape index (κ3) is 28.9. The Hall–Kier alpha value is 1.57. The minimum atomic E-state index is 0. The van der Waals surface area contributed by atoms with Gasteiger partial charge in [-0.05, 0) is 0 Å². The molecule has 0 atom stereocenters. The zero-order valence-corrected chi connectivity index (χ0v) is 6.92. The van der Waals surface area contributed by atoms with E-state index in [2.05, 4.69) is 6.92 Å². The van der Waals surface area contributed by atoms with Gasteiger partial charge in [0.2, 0.25) is 0 Å². The van der Waals surface area contributed by atoms with Gasteiger partial charge in [-0.2, -0.15) is 14.1 Å². The minimum Gasteiger partial charge on any atom is -0.463 e. The summed E-state index contributed by atoms with van der Waals surface area (Å²) in [6.45, 7) is 5.00. The van der Waals surface area contributed by atoms with Crippen molar-refractivity contribution in [2.24, 2.45) is 0 Å². The van der Waals surface area contributed by atoms with Gasteiger partial charge in [0.25, 0.3) is 0 Å². The Bertz CT molecular complexity index is 6.85. The first kappa shape index (κ1) is 16.0. The maximum Gasteiger partial charge on any atom is 1.00 e. The number of hydrogen-bond acceptors (Lipinski definition) is 0. The molecule has 0 heterocycles. The van der Waals surface area contributed by atoms with Crippen molar-refractivity contribution in [1.82, 2.24) is 0 Å². The van der Waals surface area contributed by atoms with Gasteiger partial charge in [0.05, 0.1) is 0 Å². The molecule has 0 radical (unpaired) electrons. The molecule has 0 N–H and O–H groups in total. The molecule has 5 heavy (non-hydrogen) atoms. The Labute approximate surface area is 75.6 Å². The quantitative estimate of drug-likeness (QED) is 0.260. The van der Waals surface area contributed by atoms with Crippen LogP contribution >= 0.6 is 0 Å². The van der Waals surface area contributed by atoms with Gasteiger partial charge >= 0.3 is 51.4 Å². The van der Waals surface area contributed by atoms with E-state index in [4.69, 9.17) is 0 Å². The molecule has 0 unspecified atom stereocenters. The van der Waals surface area contributed by atoms with Crippen LogP contribution < -0.4 is 51.4 Å². The van der Waals surface area contributed by atoms with E-state index < -0.39 is 0 Å². The smallest absolute Gasteiger partial charge is 0.463 e. The van der Waals surface area contributed by atoms with Crippen LogP contribution in [0.2, 0.25) is 0 Å². The molecule has 0 saturated carbocycles. The Morgan fingerprint density at radius 1 is 1.20 bits per heavy atom. The molecule has 0 spiro atoms. The molecule has 0 amide bonds. The van der Waals surface area contributed by atoms with Gasteiger partial charge < -0.3 is 11.3 Å². The van der Waals surface area contributed by atoms with Gasteiger partial charge in [0.15, 0.2) is 0 Å². The molecule has 0 nitrogen and oxygen atoms in total. The molecule has 0 aromatic heterocycles. The topological polar surface area (TPSA) is 0 Å². The van der Waals surface area contributed by atoms with Crippen LogP contribution in [0.1, 0.15) is 6.92 Å². The van der Waals surface area contributed by atoms with E-state index in [-0.39, 0.29) is 51.4 Å². The molecule has 0 fully saturated rings. The molecule has 0 aliphatic rings. The predicted octanol–water partition coefficient (Wildman–Crippen LogP) is -1.41. The van der Waals surface area contributed by atoms with Crippen molar-refractivity contribution in [1.29, 1.82) is 0 Å². The first-order valence-electron chi connectivity index (χ1n) is 0.974. The average molecular weight is 101 g/mol. The standard InChI is InChI=1S/C2H5.CH2F.K/c2*1-2;/h1H2,2H3;1H2;/q2*-1;+1. The van der Waals surface area contributed by atoms with Crippen molar-refractivity contribution in [2.45, 2.75) is 6.92 Å². The summed E-state index contributed by atoms with van der Waals surface area (Å²) in [4.78, 5) is 0. The monoisotopic (exact) mass is 101 g/mol. The molecule has 0 aromatic rings. The molecule has 28 valence electrons. The Morgan fingerprint density at radius 2 is 1.20 bits per heavy atom. The van der Waals surface area contributed by atoms with Crippen LogP contribution in [0.5, 0.6) is 0 Å². The van der Waals surface area contributed by atoms with Gasteiger partial charge in [-0.1, -0.05) is 0 Å². The second-order valence-electron chi connectivity index (χ2n) is 0. The molecule has 0 aliphatic heterocycles. The number of rotatable bonds is 0. The fourth-order valence-electron chi connectivity index (χ4n) is 0. The summed E-state index contributed by atoms with van der Waals surface area (Å²) in [5, 5.41) is 0. The maximum absolute atomic E-state index is 9.25. The van der Waals surface area contributed by atoms with Gasteiger partial charge in [-0.3, -0.25) is 0 Å². The van der Waals surface area contributed by atoms with Crippen LogP contribution in [0, 0.1) is 14.1 Å². The molecule has 0 aromatic carbocycles. The summed E-state index contributed by atoms with van der Waals surface area (Å²) >= 11 is 0. The summed E-state index contributed by atoms with van der Waals surface area (Å²) in [6.07, 6.45) is 0. The van der Waals surface area contributed by atoms with E-state index in [0.29, 0.717) is 0 Å². The summed E-state index contributed by atoms with van der Waals surface area (Å²) in [5.41, 5.74) is 0. The second-order valence-corrected chi connectivity index (χ2v) is 0. The molecule has 0 rings (SSSR count). The van der Waals surface area contributed by atoms with E-state index >= 15 is 0 Å². The van der Waals surface area contributed by atoms with Gasteiger partial charge in [-0.15, -0.1) is 0 Å². The van der Waals surface area contributed by atoms with Crippen molar-refractivity contribution < 1.29 is 55.8 Å². The molecule has 0 saturated heterocycles. The second kappa shape index (κ2) is 47.3. The zero-order valence-electron chi connectivity index (χ0n) is 3.79. The minimum absolute atomic E-state index is 0. The molecule has 0 bridgehead atoms. The summed E-state index contributed by atoms with van der Waals surface area (Å²) < 4.78 is 9.25.